The molecule has 2 saturated heterocycles. The van der Waals surface area contributed by atoms with Crippen LogP contribution >= 0.6 is 11.6 Å². The second kappa shape index (κ2) is 9.91. The van der Waals surface area contributed by atoms with Crippen LogP contribution in [-0.4, -0.2) is 56.6 Å². The van der Waals surface area contributed by atoms with E-state index in [0.717, 1.165) is 39.0 Å². The number of nitrogens with zero attached hydrogens (tertiary/aromatic N) is 2. The van der Waals surface area contributed by atoms with Crippen molar-refractivity contribution < 1.29 is 18.3 Å². The largest absolute Gasteiger partial charge is 0.478 e. The van der Waals surface area contributed by atoms with Crippen molar-refractivity contribution in [2.75, 3.05) is 35.8 Å². The fraction of sp³-hybridized carbons (Fsp3) is 0.458. The highest BCUT2D eigenvalue weighted by Crippen LogP contribution is 2.31. The number of aromatic carboxylic acids is 1. The van der Waals surface area contributed by atoms with E-state index >= 15 is 0 Å². The van der Waals surface area contributed by atoms with Crippen LogP contribution in [0.4, 0.5) is 11.4 Å². The summed E-state index contributed by atoms with van der Waals surface area (Å²) in [4.78, 5) is 16.8. The van der Waals surface area contributed by atoms with Crippen LogP contribution in [0.25, 0.3) is 0 Å². The molecule has 9 heteroatoms. The lowest BCUT2D eigenvalue weighted by atomic mass is 9.98. The van der Waals surface area contributed by atoms with E-state index in [4.69, 9.17) is 11.6 Å². The average molecular weight is 492 g/mol. The Bertz CT molecular complexity index is 1120. The number of nitrogens with one attached hydrogen (secondary N) is 1. The van der Waals surface area contributed by atoms with Gasteiger partial charge in [-0.1, -0.05) is 24.1 Å². The van der Waals surface area contributed by atoms with Gasteiger partial charge >= 0.3 is 5.97 Å². The number of carboxylic acids is 1. The Morgan fingerprint density at radius 2 is 1.76 bits per heavy atom. The molecule has 0 aromatic heterocycles. The monoisotopic (exact) mass is 491 g/mol. The van der Waals surface area contributed by atoms with E-state index in [1.165, 1.54) is 31.4 Å². The van der Waals surface area contributed by atoms with Gasteiger partial charge in [-0.3, -0.25) is 4.72 Å². The van der Waals surface area contributed by atoms with Gasteiger partial charge in [-0.2, -0.15) is 0 Å². The number of anilines is 2. The number of halogens is 1. The predicted octanol–water partition coefficient (Wildman–Crippen LogP) is 4.60. The van der Waals surface area contributed by atoms with Crippen LogP contribution < -0.4 is 9.62 Å². The van der Waals surface area contributed by atoms with Gasteiger partial charge in [0.15, 0.2) is 0 Å². The van der Waals surface area contributed by atoms with Crippen LogP contribution in [0.2, 0.25) is 5.02 Å². The van der Waals surface area contributed by atoms with E-state index in [-0.39, 0.29) is 16.1 Å². The zero-order valence-electron chi connectivity index (χ0n) is 18.8. The van der Waals surface area contributed by atoms with Gasteiger partial charge in [0.2, 0.25) is 0 Å². The third kappa shape index (κ3) is 5.28. The minimum absolute atomic E-state index is 0.0655. The maximum Gasteiger partial charge on any atom is 0.337 e. The number of hydrogen-bond acceptors (Lipinski definition) is 5. The van der Waals surface area contributed by atoms with Gasteiger partial charge in [0.05, 0.1) is 16.1 Å². The van der Waals surface area contributed by atoms with Gasteiger partial charge in [-0.15, -0.1) is 0 Å². The number of sulfonamides is 1. The van der Waals surface area contributed by atoms with Crippen LogP contribution in [0.1, 0.15) is 48.0 Å². The highest BCUT2D eigenvalue weighted by molar-refractivity contribution is 7.92. The SMILES string of the molecule is Cc1c(Cl)cccc1S(=O)(=O)Nc1ccc(N2CCC(N3CCCCC3)CC2)c(C(=O)O)c1. The molecule has 178 valence electrons. The Kier molecular flexibility index (Phi) is 7.16. The molecule has 0 radical (unpaired) electrons. The second-order valence-corrected chi connectivity index (χ2v) is 10.9. The smallest absolute Gasteiger partial charge is 0.337 e. The van der Waals surface area contributed by atoms with Gasteiger partial charge in [0, 0.05) is 29.8 Å². The molecule has 7 nitrogen and oxygen atoms in total. The molecule has 2 heterocycles. The number of carboxylic acid groups (broad SMARTS) is 1. The average Bonchev–Trinajstić information content (AvgIpc) is 2.81. The molecule has 2 aliphatic heterocycles. The second-order valence-electron chi connectivity index (χ2n) is 8.82. The van der Waals surface area contributed by atoms with Gasteiger partial charge in [-0.05, 0) is 81.6 Å². The van der Waals surface area contributed by atoms with Gasteiger partial charge in [0.1, 0.15) is 0 Å². The molecule has 0 aliphatic carbocycles. The number of carbonyl (C=O) groups is 1. The van der Waals surface area contributed by atoms with Crippen LogP contribution in [0.15, 0.2) is 41.3 Å². The zero-order chi connectivity index (χ0) is 23.6. The molecule has 0 amide bonds. The molecule has 2 aliphatic rings. The molecular formula is C24H30ClN3O4S. The molecule has 2 aromatic carbocycles. The van der Waals surface area contributed by atoms with E-state index in [1.54, 1.807) is 31.2 Å². The first kappa shape index (κ1) is 23.9. The summed E-state index contributed by atoms with van der Waals surface area (Å²) in [5, 5.41) is 10.2. The summed E-state index contributed by atoms with van der Waals surface area (Å²) in [6.45, 7) is 5.52. The molecular weight excluding hydrogens is 462 g/mol. The summed E-state index contributed by atoms with van der Waals surface area (Å²) in [5.74, 6) is -1.08. The lowest BCUT2D eigenvalue weighted by Crippen LogP contribution is -2.47. The Balaban J connectivity index is 1.51. The van der Waals surface area contributed by atoms with E-state index < -0.39 is 16.0 Å². The summed E-state index contributed by atoms with van der Waals surface area (Å²) in [6, 6.07) is 9.95. The van der Waals surface area contributed by atoms with Crippen LogP contribution in [0.5, 0.6) is 0 Å². The van der Waals surface area contributed by atoms with Crippen molar-refractivity contribution in [2.45, 2.75) is 50.0 Å². The molecule has 4 rings (SSSR count). The van der Waals surface area contributed by atoms with Crippen molar-refractivity contribution in [1.29, 1.82) is 0 Å². The first-order valence-electron chi connectivity index (χ1n) is 11.4. The Hall–Kier alpha value is -2.29. The number of benzene rings is 2. The molecule has 2 aromatic rings. The standard InChI is InChI=1S/C24H30ClN3O4S/c1-17-21(25)6-5-7-23(17)33(31,32)26-18-8-9-22(20(16-18)24(29)30)28-14-10-19(11-15-28)27-12-3-2-4-13-27/h5-9,16,19,26H,2-4,10-15H2,1H3,(H,29,30). The van der Waals surface area contributed by atoms with E-state index in [2.05, 4.69) is 14.5 Å². The summed E-state index contributed by atoms with van der Waals surface area (Å²) < 4.78 is 28.3. The third-order valence-electron chi connectivity index (χ3n) is 6.70. The van der Waals surface area contributed by atoms with Crippen LogP contribution in [-0.2, 0) is 10.0 Å². The fourth-order valence-corrected chi connectivity index (χ4v) is 6.44. The lowest BCUT2D eigenvalue weighted by molar-refractivity contribution is 0.0697. The topological polar surface area (TPSA) is 90.0 Å². The lowest BCUT2D eigenvalue weighted by Gasteiger charge is -2.41. The van der Waals surface area contributed by atoms with Gasteiger partial charge in [-0.25, -0.2) is 13.2 Å². The van der Waals surface area contributed by atoms with Crippen LogP contribution in [0, 0.1) is 6.92 Å². The minimum Gasteiger partial charge on any atom is -0.478 e. The summed E-state index contributed by atoms with van der Waals surface area (Å²) in [7, 11) is -3.91. The van der Waals surface area contributed by atoms with E-state index in [0.29, 0.717) is 22.3 Å². The van der Waals surface area contributed by atoms with Crippen LogP contribution in [0.3, 0.4) is 0 Å². The summed E-state index contributed by atoms with van der Waals surface area (Å²) in [6.07, 6.45) is 5.83. The third-order valence-corrected chi connectivity index (χ3v) is 8.63. The molecule has 0 saturated carbocycles. The molecule has 0 bridgehead atoms. The Labute approximate surface area is 200 Å². The quantitative estimate of drug-likeness (QED) is 0.613. The van der Waals surface area contributed by atoms with E-state index in [9.17, 15) is 18.3 Å². The van der Waals surface area contributed by atoms with Crippen molar-refractivity contribution >= 4 is 39.0 Å². The maximum absolute atomic E-state index is 12.9. The molecule has 2 N–H and O–H groups in total. The highest BCUT2D eigenvalue weighted by atomic mass is 35.5. The number of hydrogen-bond donors (Lipinski definition) is 2. The van der Waals surface area contributed by atoms with Crippen molar-refractivity contribution in [3.05, 3.63) is 52.5 Å². The normalized spacial score (nSPS) is 18.3. The zero-order valence-corrected chi connectivity index (χ0v) is 20.3. The Morgan fingerprint density at radius 1 is 1.06 bits per heavy atom. The van der Waals surface area contributed by atoms with Gasteiger partial charge in [0.25, 0.3) is 10.0 Å². The molecule has 0 spiro atoms. The summed E-state index contributed by atoms with van der Waals surface area (Å²) >= 11 is 6.08. The Morgan fingerprint density at radius 3 is 2.42 bits per heavy atom. The van der Waals surface area contributed by atoms with Crippen molar-refractivity contribution in [2.24, 2.45) is 0 Å². The molecule has 0 atom stereocenters. The molecule has 33 heavy (non-hydrogen) atoms. The predicted molar refractivity (Wildman–Crippen MR) is 131 cm³/mol. The minimum atomic E-state index is -3.91. The van der Waals surface area contributed by atoms with Crippen molar-refractivity contribution in [3.8, 4) is 0 Å². The van der Waals surface area contributed by atoms with Crippen molar-refractivity contribution in [1.82, 2.24) is 4.90 Å². The maximum atomic E-state index is 12.9. The fourth-order valence-electron chi connectivity index (χ4n) is 4.89. The first-order chi connectivity index (χ1) is 15.8. The molecule has 0 unspecified atom stereocenters. The number of rotatable bonds is 6. The summed E-state index contributed by atoms with van der Waals surface area (Å²) in [5.41, 5.74) is 1.37. The first-order valence-corrected chi connectivity index (χ1v) is 13.3. The highest BCUT2D eigenvalue weighted by Gasteiger charge is 2.28. The van der Waals surface area contributed by atoms with Crippen molar-refractivity contribution in [3.63, 3.8) is 0 Å². The number of piperidine rings is 2. The number of likely N-dealkylation sites (tertiary alicyclic amines) is 1. The van der Waals surface area contributed by atoms with E-state index in [1.807, 2.05) is 0 Å². The van der Waals surface area contributed by atoms with Gasteiger partial charge < -0.3 is 14.9 Å². The molecule has 2 fully saturated rings.